The van der Waals surface area contributed by atoms with E-state index >= 15 is 0 Å². The maximum Gasteiger partial charge on any atom is 0.181 e. The van der Waals surface area contributed by atoms with Crippen molar-refractivity contribution in [2.75, 3.05) is 0 Å². The van der Waals surface area contributed by atoms with E-state index in [2.05, 4.69) is 254 Å². The van der Waals surface area contributed by atoms with Gasteiger partial charge in [-0.1, -0.05) is 206 Å². The zero-order chi connectivity index (χ0) is 45.2. The Morgan fingerprint density at radius 3 is 1.79 bits per heavy atom. The first-order valence-electron chi connectivity index (χ1n) is 23.4. The number of hydrogen-bond acceptors (Lipinski definition) is 3. The predicted molar refractivity (Wildman–Crippen MR) is 291 cm³/mol. The smallest absolute Gasteiger partial charge is 0.181 e. The van der Waals surface area contributed by atoms with Crippen LogP contribution >= 0.6 is 11.3 Å². The molecule has 0 aliphatic carbocycles. The molecule has 1 unspecified atom stereocenters. The van der Waals surface area contributed by atoms with Crippen molar-refractivity contribution in [3.63, 3.8) is 0 Å². The minimum atomic E-state index is -3.05. The highest BCUT2D eigenvalue weighted by atomic mass is 32.1. The first-order chi connectivity index (χ1) is 33.6. The van der Waals surface area contributed by atoms with Gasteiger partial charge in [0.25, 0.3) is 0 Å². The molecule has 3 nitrogen and oxygen atoms in total. The highest BCUT2D eigenvalue weighted by molar-refractivity contribution is 7.26. The molecule has 12 aromatic rings. The first kappa shape index (κ1) is 40.5. The fraction of sp³-hybridized carbons (Fsp3) is 0.0323. The average molecular weight is 920 g/mol. The Balaban J connectivity index is 1.11. The van der Waals surface area contributed by atoms with Crippen molar-refractivity contribution in [2.45, 2.75) is 5.92 Å². The molecule has 6 heteroatoms. The Bertz CT molecular complexity index is 3750. The molecule has 0 spiro atoms. The van der Waals surface area contributed by atoms with Crippen molar-refractivity contribution in [3.05, 3.63) is 266 Å². The lowest BCUT2D eigenvalue weighted by atomic mass is 9.86. The average Bonchev–Trinajstić information content (AvgIpc) is 3.95. The number of thiophene rings is 1. The summed E-state index contributed by atoms with van der Waals surface area (Å²) in [4.78, 5) is 10.7. The van der Waals surface area contributed by atoms with E-state index < -0.39 is 16.1 Å². The summed E-state index contributed by atoms with van der Waals surface area (Å²) in [5, 5.41) is 13.5. The van der Waals surface area contributed by atoms with Crippen LogP contribution in [0.15, 0.2) is 249 Å². The van der Waals surface area contributed by atoms with Gasteiger partial charge in [-0.2, -0.15) is 0 Å². The fourth-order valence-corrected chi connectivity index (χ4v) is 23.0. The van der Waals surface area contributed by atoms with Crippen molar-refractivity contribution in [1.82, 2.24) is 14.5 Å². The van der Waals surface area contributed by atoms with Crippen LogP contribution in [0.3, 0.4) is 0 Å². The Labute approximate surface area is 402 Å². The summed E-state index contributed by atoms with van der Waals surface area (Å²) in [6, 6.07) is 91.3. The summed E-state index contributed by atoms with van der Waals surface area (Å²) in [5.74, 6) is 0.839. The Kier molecular flexibility index (Phi) is 9.68. The topological polar surface area (TPSA) is 30.7 Å². The van der Waals surface area contributed by atoms with Gasteiger partial charge in [0.15, 0.2) is 16.1 Å². The van der Waals surface area contributed by atoms with Crippen LogP contribution in [-0.2, 0) is 7.05 Å². The lowest BCUT2D eigenvalue weighted by Crippen LogP contribution is -2.78. The molecule has 4 heterocycles. The molecule has 0 amide bonds. The first-order valence-corrected chi connectivity index (χ1v) is 28.2. The van der Waals surface area contributed by atoms with Crippen LogP contribution in [-0.4, -0.2) is 30.7 Å². The predicted octanol–water partition coefficient (Wildman–Crippen LogP) is 9.25. The van der Waals surface area contributed by atoms with Crippen LogP contribution in [0.25, 0.3) is 42.6 Å². The summed E-state index contributed by atoms with van der Waals surface area (Å²) in [7, 11) is -3.85. The number of hydrogen-bond donors (Lipinski definition) is 0. The monoisotopic (exact) mass is 919 g/mol. The largest absolute Gasteiger partial charge is 0.327 e. The number of benzene rings is 9. The molecule has 0 N–H and O–H groups in total. The Morgan fingerprint density at radius 2 is 1.09 bits per heavy atom. The quantitative estimate of drug-likeness (QED) is 0.113. The number of aromatic nitrogens is 3. The fourth-order valence-electron chi connectivity index (χ4n) is 11.7. The maximum atomic E-state index is 5.53. The molecule has 3 aromatic heterocycles. The normalized spacial score (nSPS) is 14.2. The molecule has 0 saturated carbocycles. The van der Waals surface area contributed by atoms with Crippen molar-refractivity contribution >= 4 is 100 Å². The van der Waals surface area contributed by atoms with Crippen LogP contribution in [0, 0.1) is 0 Å². The number of aryl methyl sites for hydroxylation is 1. The van der Waals surface area contributed by atoms with Gasteiger partial charge in [-0.15, -0.1) is 11.3 Å². The summed E-state index contributed by atoms with van der Waals surface area (Å²) in [6.07, 6.45) is 2.02. The van der Waals surface area contributed by atoms with Gasteiger partial charge < -0.3 is 4.57 Å². The number of imidazole rings is 1. The SMILES string of the molecule is Cn1c(-c2cccc([Si](c3ccccc3)(c3ccccc3)c3cccc(C4c5cc6c(cc5[Si](c5ccccc5)(c5ccccc5)c5cccnc54)sc4ccccc46)c3)c2)nc2ccccc21. The van der Waals surface area contributed by atoms with Crippen molar-refractivity contribution in [3.8, 4) is 11.4 Å². The Hall–Kier alpha value is -7.75. The van der Waals surface area contributed by atoms with Crippen LogP contribution < -0.4 is 41.5 Å². The third-order valence-electron chi connectivity index (χ3n) is 14.6. The van der Waals surface area contributed by atoms with Gasteiger partial charge in [0, 0.05) is 39.0 Å². The standard InChI is InChI=1S/C62H45N3SSi2/c1-65-55-35-16-15-34-54(55)64-62(65)44-22-19-32-50(40-44)67(45-23-6-2-7-24-45,46-25-8-3-9-26-46)49-31-18-21-43(39-49)60-53-41-52-51-33-14-17-36-56(51)66-57(52)42-59(53)68(47-27-10-4-11-28-47,48-29-12-5-13-30-48)58-37-20-38-63-61(58)60/h2-42,60H,1H3. The van der Waals surface area contributed by atoms with Crippen molar-refractivity contribution in [1.29, 1.82) is 0 Å². The molecule has 1 atom stereocenters. The molecule has 9 aromatic carbocycles. The molecular formula is C62H45N3SSi2. The van der Waals surface area contributed by atoms with Crippen LogP contribution in [0.4, 0.5) is 0 Å². The number of rotatable bonds is 8. The summed E-state index contributed by atoms with van der Waals surface area (Å²) in [5.41, 5.74) is 6.97. The zero-order valence-corrected chi connectivity index (χ0v) is 40.3. The minimum absolute atomic E-state index is 0.123. The molecule has 1 aliphatic heterocycles. The summed E-state index contributed by atoms with van der Waals surface area (Å²) < 4.78 is 4.87. The van der Waals surface area contributed by atoms with Gasteiger partial charge >= 0.3 is 0 Å². The lowest BCUT2D eigenvalue weighted by molar-refractivity contribution is 0.929. The van der Waals surface area contributed by atoms with E-state index in [0.29, 0.717) is 0 Å². The van der Waals surface area contributed by atoms with E-state index in [1.807, 2.05) is 17.5 Å². The van der Waals surface area contributed by atoms with Crippen molar-refractivity contribution in [2.24, 2.45) is 7.05 Å². The van der Waals surface area contributed by atoms with E-state index in [9.17, 15) is 0 Å². The van der Waals surface area contributed by atoms with Gasteiger partial charge in [0.05, 0.1) is 22.6 Å². The zero-order valence-electron chi connectivity index (χ0n) is 37.5. The van der Waals surface area contributed by atoms with Gasteiger partial charge in [-0.3, -0.25) is 4.98 Å². The minimum Gasteiger partial charge on any atom is -0.327 e. The van der Waals surface area contributed by atoms with E-state index in [-0.39, 0.29) is 5.92 Å². The van der Waals surface area contributed by atoms with Gasteiger partial charge in [-0.25, -0.2) is 4.98 Å². The number of nitrogens with zero attached hydrogens (tertiary/aromatic N) is 3. The van der Waals surface area contributed by atoms with Gasteiger partial charge in [0.1, 0.15) is 5.82 Å². The summed E-state index contributed by atoms with van der Waals surface area (Å²) >= 11 is 1.91. The third-order valence-corrected chi connectivity index (χ3v) is 25.4. The highest BCUT2D eigenvalue weighted by Crippen LogP contribution is 2.41. The molecule has 1 aliphatic rings. The molecular weight excluding hydrogens is 875 g/mol. The number of para-hydroxylation sites is 2. The van der Waals surface area contributed by atoms with Crippen LogP contribution in [0.2, 0.25) is 0 Å². The van der Waals surface area contributed by atoms with Crippen LogP contribution in [0.5, 0.6) is 0 Å². The second-order valence-corrected chi connectivity index (χ2v) is 26.7. The number of fused-ring (bicyclic) bond motifs is 6. The van der Waals surface area contributed by atoms with E-state index in [1.54, 1.807) is 0 Å². The molecule has 68 heavy (non-hydrogen) atoms. The maximum absolute atomic E-state index is 5.53. The molecule has 0 bridgehead atoms. The molecule has 0 fully saturated rings. The van der Waals surface area contributed by atoms with E-state index in [1.165, 1.54) is 72.8 Å². The van der Waals surface area contributed by atoms with E-state index in [0.717, 1.165) is 28.1 Å². The molecule has 0 radical (unpaired) electrons. The van der Waals surface area contributed by atoms with E-state index in [4.69, 9.17) is 9.97 Å². The highest BCUT2D eigenvalue weighted by Gasteiger charge is 2.50. The molecule has 0 saturated heterocycles. The molecule has 322 valence electrons. The van der Waals surface area contributed by atoms with Crippen LogP contribution in [0.1, 0.15) is 22.7 Å². The summed E-state index contributed by atoms with van der Waals surface area (Å²) in [6.45, 7) is 0. The Morgan fingerprint density at radius 1 is 0.485 bits per heavy atom. The second-order valence-electron chi connectivity index (χ2n) is 18.1. The van der Waals surface area contributed by atoms with Gasteiger partial charge in [0.2, 0.25) is 0 Å². The molecule has 13 rings (SSSR count). The second kappa shape index (κ2) is 16.2. The third kappa shape index (κ3) is 6.08. The number of pyridine rings is 1. The lowest BCUT2D eigenvalue weighted by Gasteiger charge is -2.43. The van der Waals surface area contributed by atoms with Gasteiger partial charge in [-0.05, 0) is 89.0 Å². The van der Waals surface area contributed by atoms with Crippen molar-refractivity contribution < 1.29 is 0 Å².